The van der Waals surface area contributed by atoms with E-state index in [0.29, 0.717) is 0 Å². The Labute approximate surface area is 122 Å². The fraction of sp³-hybridized carbons (Fsp3) is 0.647. The molecule has 3 heteroatoms. The summed E-state index contributed by atoms with van der Waals surface area (Å²) in [5.74, 6) is 0. The Kier molecular flexibility index (Phi) is 5.19. The lowest BCUT2D eigenvalue weighted by atomic mass is 9.94. The highest BCUT2D eigenvalue weighted by Gasteiger charge is 2.30. The highest BCUT2D eigenvalue weighted by Crippen LogP contribution is 2.25. The van der Waals surface area contributed by atoms with Crippen molar-refractivity contribution in [2.45, 2.75) is 44.8 Å². The van der Waals surface area contributed by atoms with Crippen LogP contribution in [0.2, 0.25) is 0 Å². The van der Waals surface area contributed by atoms with E-state index in [9.17, 15) is 5.11 Å². The summed E-state index contributed by atoms with van der Waals surface area (Å²) in [6, 6.07) is 8.15. The van der Waals surface area contributed by atoms with Crippen molar-refractivity contribution in [2.75, 3.05) is 26.7 Å². The minimum Gasteiger partial charge on any atom is -0.388 e. The maximum atomic E-state index is 10.3. The average Bonchev–Trinajstić information content (AvgIpc) is 2.45. The molecule has 1 aliphatic rings. The van der Waals surface area contributed by atoms with Crippen molar-refractivity contribution in [3.8, 4) is 0 Å². The van der Waals surface area contributed by atoms with Gasteiger partial charge in [0.25, 0.3) is 0 Å². The van der Waals surface area contributed by atoms with E-state index in [1.807, 2.05) is 12.1 Å². The van der Waals surface area contributed by atoms with Crippen molar-refractivity contribution in [3.63, 3.8) is 0 Å². The molecular weight excluding hydrogens is 250 g/mol. The number of aryl methyl sites for hydroxylation is 1. The van der Waals surface area contributed by atoms with Gasteiger partial charge in [0.2, 0.25) is 0 Å². The maximum absolute atomic E-state index is 10.3. The standard InChI is InChI=1S/C17H27NO2/c1-14-6-4-7-15(12-14)16(19)8-11-18-10-5-9-17(2,13-18)20-3/h4,6-7,12,16,19H,5,8-11,13H2,1-3H3. The summed E-state index contributed by atoms with van der Waals surface area (Å²) in [5.41, 5.74) is 2.20. The second-order valence-electron chi connectivity index (χ2n) is 6.25. The number of hydrogen-bond donors (Lipinski definition) is 1. The number of piperidine rings is 1. The topological polar surface area (TPSA) is 32.7 Å². The number of likely N-dealkylation sites (tertiary alicyclic amines) is 1. The first-order valence-electron chi connectivity index (χ1n) is 7.54. The summed E-state index contributed by atoms with van der Waals surface area (Å²) in [4.78, 5) is 2.41. The predicted octanol–water partition coefficient (Wildman–Crippen LogP) is 2.92. The van der Waals surface area contributed by atoms with Crippen LogP contribution in [-0.2, 0) is 4.74 Å². The van der Waals surface area contributed by atoms with E-state index < -0.39 is 0 Å². The van der Waals surface area contributed by atoms with Gasteiger partial charge in [0, 0.05) is 20.2 Å². The van der Waals surface area contributed by atoms with Crippen molar-refractivity contribution in [1.82, 2.24) is 4.90 Å². The largest absolute Gasteiger partial charge is 0.388 e. The summed E-state index contributed by atoms with van der Waals surface area (Å²) in [6.07, 6.45) is 2.71. The molecule has 112 valence electrons. The smallest absolute Gasteiger partial charge is 0.0802 e. The lowest BCUT2D eigenvalue weighted by Crippen LogP contribution is -2.47. The van der Waals surface area contributed by atoms with Crippen LogP contribution in [0.15, 0.2) is 24.3 Å². The van der Waals surface area contributed by atoms with Crippen LogP contribution < -0.4 is 0 Å². The van der Waals surface area contributed by atoms with E-state index in [2.05, 4.69) is 30.9 Å². The Morgan fingerprint density at radius 2 is 2.25 bits per heavy atom. The van der Waals surface area contributed by atoms with Gasteiger partial charge in [0.05, 0.1) is 11.7 Å². The highest BCUT2D eigenvalue weighted by molar-refractivity contribution is 5.23. The molecule has 1 heterocycles. The van der Waals surface area contributed by atoms with Gasteiger partial charge in [-0.1, -0.05) is 29.8 Å². The molecule has 1 aliphatic heterocycles. The molecule has 2 unspecified atom stereocenters. The van der Waals surface area contributed by atoms with Crippen LogP contribution in [0, 0.1) is 6.92 Å². The van der Waals surface area contributed by atoms with Gasteiger partial charge >= 0.3 is 0 Å². The molecule has 0 saturated carbocycles. The first-order chi connectivity index (χ1) is 9.52. The molecular formula is C17H27NO2. The number of aliphatic hydroxyl groups excluding tert-OH is 1. The molecule has 1 fully saturated rings. The quantitative estimate of drug-likeness (QED) is 0.898. The van der Waals surface area contributed by atoms with Gasteiger partial charge in [-0.15, -0.1) is 0 Å². The van der Waals surface area contributed by atoms with E-state index in [1.54, 1.807) is 7.11 Å². The number of aliphatic hydroxyl groups is 1. The van der Waals surface area contributed by atoms with Crippen LogP contribution in [0.3, 0.4) is 0 Å². The zero-order chi connectivity index (χ0) is 14.6. The van der Waals surface area contributed by atoms with Crippen molar-refractivity contribution in [1.29, 1.82) is 0 Å². The fourth-order valence-electron chi connectivity index (χ4n) is 3.01. The van der Waals surface area contributed by atoms with Crippen molar-refractivity contribution in [3.05, 3.63) is 35.4 Å². The maximum Gasteiger partial charge on any atom is 0.0802 e. The van der Waals surface area contributed by atoms with Crippen LogP contribution in [0.25, 0.3) is 0 Å². The van der Waals surface area contributed by atoms with E-state index in [-0.39, 0.29) is 11.7 Å². The lowest BCUT2D eigenvalue weighted by Gasteiger charge is -2.39. The van der Waals surface area contributed by atoms with Gasteiger partial charge in [-0.25, -0.2) is 0 Å². The molecule has 0 spiro atoms. The van der Waals surface area contributed by atoms with E-state index >= 15 is 0 Å². The zero-order valence-electron chi connectivity index (χ0n) is 12.9. The highest BCUT2D eigenvalue weighted by atomic mass is 16.5. The van der Waals surface area contributed by atoms with Crippen molar-refractivity contribution in [2.24, 2.45) is 0 Å². The van der Waals surface area contributed by atoms with Crippen molar-refractivity contribution < 1.29 is 9.84 Å². The molecule has 0 aromatic heterocycles. The molecule has 1 saturated heterocycles. The third-order valence-corrected chi connectivity index (χ3v) is 4.38. The molecule has 3 nitrogen and oxygen atoms in total. The zero-order valence-corrected chi connectivity index (χ0v) is 12.9. The monoisotopic (exact) mass is 277 g/mol. The van der Waals surface area contributed by atoms with Gasteiger partial charge < -0.3 is 14.7 Å². The van der Waals surface area contributed by atoms with Crippen LogP contribution in [0.1, 0.15) is 43.4 Å². The number of rotatable bonds is 5. The summed E-state index contributed by atoms with van der Waals surface area (Å²) in [6.45, 7) is 7.23. The van der Waals surface area contributed by atoms with Crippen LogP contribution in [0.5, 0.6) is 0 Å². The molecule has 0 radical (unpaired) electrons. The molecule has 2 atom stereocenters. The first kappa shape index (κ1) is 15.5. The summed E-state index contributed by atoms with van der Waals surface area (Å²) >= 11 is 0. The third-order valence-electron chi connectivity index (χ3n) is 4.38. The molecule has 1 N–H and O–H groups in total. The molecule has 2 rings (SSSR count). The Balaban J connectivity index is 1.85. The molecule has 1 aromatic rings. The molecule has 0 amide bonds. The normalized spacial score (nSPS) is 25.6. The Hall–Kier alpha value is -0.900. The number of ether oxygens (including phenoxy) is 1. The van der Waals surface area contributed by atoms with E-state index in [1.165, 1.54) is 12.0 Å². The SMILES string of the molecule is COC1(C)CCCN(CCC(O)c2cccc(C)c2)C1. The lowest BCUT2D eigenvalue weighted by molar-refractivity contribution is -0.0528. The third kappa shape index (κ3) is 4.05. The van der Waals surface area contributed by atoms with Gasteiger partial charge in [0.1, 0.15) is 0 Å². The summed E-state index contributed by atoms with van der Waals surface area (Å²) < 4.78 is 5.61. The Morgan fingerprint density at radius 1 is 1.45 bits per heavy atom. The second-order valence-corrected chi connectivity index (χ2v) is 6.25. The number of nitrogens with zero attached hydrogens (tertiary/aromatic N) is 1. The number of benzene rings is 1. The summed E-state index contributed by atoms with van der Waals surface area (Å²) in [7, 11) is 1.80. The van der Waals surface area contributed by atoms with Crippen molar-refractivity contribution >= 4 is 0 Å². The summed E-state index contributed by atoms with van der Waals surface area (Å²) in [5, 5.41) is 10.3. The minimum absolute atomic E-state index is 0.0213. The van der Waals surface area contributed by atoms with E-state index in [4.69, 9.17) is 4.74 Å². The average molecular weight is 277 g/mol. The van der Waals surface area contributed by atoms with Crippen LogP contribution in [0.4, 0.5) is 0 Å². The molecule has 20 heavy (non-hydrogen) atoms. The Bertz CT molecular complexity index is 435. The molecule has 0 aliphatic carbocycles. The molecule has 1 aromatic carbocycles. The van der Waals surface area contributed by atoms with Gasteiger partial charge in [-0.3, -0.25) is 0 Å². The number of hydrogen-bond acceptors (Lipinski definition) is 3. The van der Waals surface area contributed by atoms with Gasteiger partial charge in [0.15, 0.2) is 0 Å². The van der Waals surface area contributed by atoms with E-state index in [0.717, 1.165) is 38.0 Å². The first-order valence-corrected chi connectivity index (χ1v) is 7.54. The minimum atomic E-state index is -0.370. The second kappa shape index (κ2) is 6.70. The fourth-order valence-corrected chi connectivity index (χ4v) is 3.01. The van der Waals surface area contributed by atoms with Gasteiger partial charge in [-0.2, -0.15) is 0 Å². The Morgan fingerprint density at radius 3 is 2.95 bits per heavy atom. The number of methoxy groups -OCH3 is 1. The molecule has 0 bridgehead atoms. The van der Waals surface area contributed by atoms with Crippen LogP contribution >= 0.6 is 0 Å². The predicted molar refractivity (Wildman–Crippen MR) is 81.8 cm³/mol. The van der Waals surface area contributed by atoms with Gasteiger partial charge in [-0.05, 0) is 45.2 Å². The van der Waals surface area contributed by atoms with Crippen LogP contribution in [-0.4, -0.2) is 42.4 Å².